The molecule has 0 spiro atoms. The van der Waals surface area contributed by atoms with E-state index in [2.05, 4.69) is 9.62 Å². The zero-order chi connectivity index (χ0) is 16.5. The van der Waals surface area contributed by atoms with Crippen molar-refractivity contribution in [2.45, 2.75) is 49.8 Å². The van der Waals surface area contributed by atoms with Crippen molar-refractivity contribution in [2.24, 2.45) is 5.73 Å². The van der Waals surface area contributed by atoms with E-state index >= 15 is 0 Å². The fourth-order valence-corrected chi connectivity index (χ4v) is 3.46. The topological polar surface area (TPSA) is 41.3 Å². The van der Waals surface area contributed by atoms with Gasteiger partial charge in [0.25, 0.3) is 0 Å². The molecule has 0 bridgehead atoms. The van der Waals surface area contributed by atoms with Crippen molar-refractivity contribution in [3.05, 3.63) is 35.6 Å². The van der Waals surface area contributed by atoms with Gasteiger partial charge >= 0.3 is 0 Å². The van der Waals surface area contributed by atoms with E-state index in [4.69, 9.17) is 5.73 Å². The Balaban J connectivity index is 0.000000268. The molecule has 1 heterocycles. The highest BCUT2D eigenvalue weighted by molar-refractivity contribution is 7.98. The van der Waals surface area contributed by atoms with Gasteiger partial charge in [-0.05, 0) is 76.8 Å². The Bertz CT molecular complexity index is 448. The third kappa shape index (κ3) is 7.66. The summed E-state index contributed by atoms with van der Waals surface area (Å²) < 4.78 is 16.5. The van der Waals surface area contributed by atoms with Gasteiger partial charge in [0, 0.05) is 11.3 Å². The first-order chi connectivity index (χ1) is 11.2. The number of nitrogens with two attached hydrogens (primary N) is 1. The number of nitrogens with one attached hydrogen (secondary N) is 1. The second-order valence-electron chi connectivity index (χ2n) is 6.41. The summed E-state index contributed by atoms with van der Waals surface area (Å²) in [6.45, 7) is 3.45. The molecule has 0 aromatic heterocycles. The number of rotatable bonds is 7. The van der Waals surface area contributed by atoms with Crippen molar-refractivity contribution in [1.82, 2.24) is 9.62 Å². The molecule has 5 heteroatoms. The summed E-state index contributed by atoms with van der Waals surface area (Å²) in [7, 11) is 1.98. The minimum atomic E-state index is -0.135. The zero-order valence-corrected chi connectivity index (χ0v) is 15.0. The number of hydrogen-bond donors (Lipinski definition) is 2. The van der Waals surface area contributed by atoms with E-state index in [-0.39, 0.29) is 11.9 Å². The van der Waals surface area contributed by atoms with Crippen LogP contribution < -0.4 is 10.5 Å². The summed E-state index contributed by atoms with van der Waals surface area (Å²) in [5, 5.41) is 0.954. The minimum absolute atomic E-state index is 0.0625. The molecule has 0 radical (unpaired) electrons. The molecule has 1 saturated carbocycles. The highest BCUT2D eigenvalue weighted by atomic mass is 32.2. The summed E-state index contributed by atoms with van der Waals surface area (Å²) in [6.07, 6.45) is 7.05. The third-order valence-electron chi connectivity index (χ3n) is 4.26. The van der Waals surface area contributed by atoms with Crippen molar-refractivity contribution in [3.8, 4) is 0 Å². The zero-order valence-electron chi connectivity index (χ0n) is 14.1. The van der Waals surface area contributed by atoms with E-state index in [0.29, 0.717) is 6.42 Å². The number of likely N-dealkylation sites (tertiary alicyclic amines) is 1. The summed E-state index contributed by atoms with van der Waals surface area (Å²) in [5.74, 6) is -0.135. The molecule has 2 fully saturated rings. The van der Waals surface area contributed by atoms with Crippen LogP contribution in [-0.4, -0.2) is 42.9 Å². The van der Waals surface area contributed by atoms with Gasteiger partial charge in [-0.1, -0.05) is 30.1 Å². The molecule has 1 aliphatic heterocycles. The first-order valence-electron chi connectivity index (χ1n) is 8.72. The van der Waals surface area contributed by atoms with E-state index in [0.717, 1.165) is 23.8 Å². The van der Waals surface area contributed by atoms with Crippen LogP contribution in [0.2, 0.25) is 0 Å². The second-order valence-corrected chi connectivity index (χ2v) is 7.72. The van der Waals surface area contributed by atoms with Crippen LogP contribution in [0.25, 0.3) is 0 Å². The first kappa shape index (κ1) is 18.7. The maximum Gasteiger partial charge on any atom is 0.126 e. The molecule has 3 N–H and O–H groups in total. The van der Waals surface area contributed by atoms with Crippen LogP contribution >= 0.6 is 11.9 Å². The Morgan fingerprint density at radius 2 is 2.00 bits per heavy atom. The predicted molar refractivity (Wildman–Crippen MR) is 98.0 cm³/mol. The van der Waals surface area contributed by atoms with Crippen molar-refractivity contribution in [1.29, 1.82) is 0 Å². The molecule has 130 valence electrons. The van der Waals surface area contributed by atoms with E-state index in [1.165, 1.54) is 44.8 Å². The lowest BCUT2D eigenvalue weighted by Crippen LogP contribution is -2.30. The summed E-state index contributed by atoms with van der Waals surface area (Å²) in [5.41, 5.74) is 6.80. The summed E-state index contributed by atoms with van der Waals surface area (Å²) in [4.78, 5) is 2.45. The van der Waals surface area contributed by atoms with Gasteiger partial charge in [-0.3, -0.25) is 4.72 Å². The normalized spacial score (nSPS) is 19.3. The quantitative estimate of drug-likeness (QED) is 0.749. The molecule has 0 unspecified atom stereocenters. The molecular weight excluding hydrogens is 309 g/mol. The smallest absolute Gasteiger partial charge is 0.126 e. The van der Waals surface area contributed by atoms with Gasteiger partial charge in [-0.25, -0.2) is 4.39 Å². The van der Waals surface area contributed by atoms with Crippen LogP contribution in [0.5, 0.6) is 0 Å². The van der Waals surface area contributed by atoms with Crippen molar-refractivity contribution in [2.75, 3.05) is 26.7 Å². The van der Waals surface area contributed by atoms with Crippen molar-refractivity contribution >= 4 is 11.9 Å². The lowest BCUT2D eigenvalue weighted by atomic mass is 10.0. The van der Waals surface area contributed by atoms with E-state index in [1.54, 1.807) is 6.07 Å². The summed E-state index contributed by atoms with van der Waals surface area (Å²) in [6, 6.07) is 6.97. The van der Waals surface area contributed by atoms with Crippen molar-refractivity contribution in [3.63, 3.8) is 0 Å². The van der Waals surface area contributed by atoms with E-state index in [9.17, 15) is 4.39 Å². The monoisotopic (exact) mass is 339 g/mol. The van der Waals surface area contributed by atoms with Gasteiger partial charge in [0.15, 0.2) is 0 Å². The highest BCUT2D eigenvalue weighted by Gasteiger charge is 2.20. The number of nitrogens with zero attached hydrogens (tertiary/aromatic N) is 1. The van der Waals surface area contributed by atoms with Crippen LogP contribution in [0, 0.1) is 5.82 Å². The van der Waals surface area contributed by atoms with Gasteiger partial charge in [0.2, 0.25) is 0 Å². The van der Waals surface area contributed by atoms with Crippen LogP contribution in [0.3, 0.4) is 0 Å². The molecule has 1 saturated heterocycles. The van der Waals surface area contributed by atoms with Crippen LogP contribution in [0.1, 0.15) is 37.7 Å². The molecule has 3 nitrogen and oxygen atoms in total. The van der Waals surface area contributed by atoms with E-state index < -0.39 is 0 Å². The fraction of sp³-hybridized carbons (Fsp3) is 0.667. The van der Waals surface area contributed by atoms with Crippen LogP contribution in [0.4, 0.5) is 4.39 Å². The van der Waals surface area contributed by atoms with Gasteiger partial charge in [-0.2, -0.15) is 0 Å². The number of hydrogen-bond acceptors (Lipinski definition) is 4. The lowest BCUT2D eigenvalue weighted by molar-refractivity contribution is 0.320. The maximum absolute atomic E-state index is 13.4. The Hall–Kier alpha value is -0.620. The van der Waals surface area contributed by atoms with Crippen molar-refractivity contribution < 1.29 is 4.39 Å². The standard InChI is InChI=1S/C14H21FN2.C4H9NS/c15-14-6-2-1-5-12(14)11-13(16)7-10-17-8-3-4-9-17;1-5-6-4-2-3-4/h1-2,5-6,13H,3-4,7-11,16H2;4-5H,2-3H2,1H3/t13-;/m0./s1. The van der Waals surface area contributed by atoms with E-state index in [1.807, 2.05) is 31.1 Å². The minimum Gasteiger partial charge on any atom is -0.327 e. The molecule has 2 aliphatic rings. The molecule has 23 heavy (non-hydrogen) atoms. The average molecular weight is 340 g/mol. The molecular formula is C18H30FN3S. The Kier molecular flexibility index (Phi) is 8.37. The predicted octanol–water partition coefficient (Wildman–Crippen LogP) is 3.20. The van der Waals surface area contributed by atoms with Crippen LogP contribution in [-0.2, 0) is 6.42 Å². The SMILES string of the molecule is CNSC1CC1.N[C@@H](CCN1CCCC1)Cc1ccccc1F. The highest BCUT2D eigenvalue weighted by Crippen LogP contribution is 2.31. The molecule has 1 atom stereocenters. The van der Waals surface area contributed by atoms with Gasteiger partial charge in [0.05, 0.1) is 0 Å². The van der Waals surface area contributed by atoms with Gasteiger partial charge < -0.3 is 10.6 Å². The number of halogens is 1. The Morgan fingerprint density at radius 1 is 1.30 bits per heavy atom. The maximum atomic E-state index is 13.4. The Morgan fingerprint density at radius 3 is 2.57 bits per heavy atom. The summed E-state index contributed by atoms with van der Waals surface area (Å²) >= 11 is 1.85. The molecule has 0 amide bonds. The fourth-order valence-electron chi connectivity index (χ4n) is 2.76. The van der Waals surface area contributed by atoms with Gasteiger partial charge in [0.1, 0.15) is 5.82 Å². The second kappa shape index (κ2) is 10.3. The molecule has 1 aromatic carbocycles. The largest absolute Gasteiger partial charge is 0.327 e. The molecule has 1 aromatic rings. The lowest BCUT2D eigenvalue weighted by Gasteiger charge is -2.18. The third-order valence-corrected chi connectivity index (χ3v) is 5.30. The average Bonchev–Trinajstić information content (AvgIpc) is 3.21. The molecule has 1 aliphatic carbocycles. The van der Waals surface area contributed by atoms with Crippen LogP contribution in [0.15, 0.2) is 24.3 Å². The van der Waals surface area contributed by atoms with Gasteiger partial charge in [-0.15, -0.1) is 0 Å². The Labute approximate surface area is 144 Å². The number of benzene rings is 1. The first-order valence-corrected chi connectivity index (χ1v) is 9.60. The molecule has 3 rings (SSSR count).